The first-order chi connectivity index (χ1) is 5.79. The van der Waals surface area contributed by atoms with Crippen molar-refractivity contribution in [2.75, 3.05) is 13.2 Å². The van der Waals surface area contributed by atoms with Gasteiger partial charge in [-0.1, -0.05) is 0 Å². The Bertz CT molecular complexity index is 305. The first-order valence-electron chi connectivity index (χ1n) is 3.50. The van der Waals surface area contributed by atoms with Crippen LogP contribution in [0.5, 0.6) is 0 Å². The Morgan fingerprint density at radius 3 is 2.83 bits per heavy atom. The summed E-state index contributed by atoms with van der Waals surface area (Å²) in [5.41, 5.74) is 0.497. The average Bonchev–Trinajstić information content (AvgIpc) is 2.31. The summed E-state index contributed by atoms with van der Waals surface area (Å²) in [6, 6.07) is 0. The van der Waals surface area contributed by atoms with E-state index in [4.69, 9.17) is 9.84 Å². The molecule has 1 fully saturated rings. The first-order valence-corrected chi connectivity index (χ1v) is 3.50. The molecule has 1 aliphatic rings. The molecule has 0 unspecified atom stereocenters. The Hall–Kier alpha value is -1.43. The number of aromatic carboxylic acids is 1. The topological polar surface area (TPSA) is 88.1 Å². The number of nitrogens with zero attached hydrogens (tertiary/aromatic N) is 2. The van der Waals surface area contributed by atoms with E-state index in [0.29, 0.717) is 18.9 Å². The minimum Gasteiger partial charge on any atom is -0.476 e. The Morgan fingerprint density at radius 1 is 1.58 bits per heavy atom. The Morgan fingerprint density at radius 2 is 2.33 bits per heavy atom. The molecule has 0 aliphatic carbocycles. The summed E-state index contributed by atoms with van der Waals surface area (Å²) < 4.78 is 4.92. The molecule has 0 atom stereocenters. The molecule has 1 aromatic heterocycles. The average molecular weight is 169 g/mol. The number of hydrogen-bond acceptors (Lipinski definition) is 4. The molecule has 12 heavy (non-hydrogen) atoms. The highest BCUT2D eigenvalue weighted by atomic mass is 16.5. The van der Waals surface area contributed by atoms with Crippen molar-refractivity contribution < 1.29 is 14.6 Å². The monoisotopic (exact) mass is 169 g/mol. The van der Waals surface area contributed by atoms with Crippen molar-refractivity contribution in [1.29, 1.82) is 0 Å². The lowest BCUT2D eigenvalue weighted by atomic mass is 10.0. The van der Waals surface area contributed by atoms with Gasteiger partial charge in [-0.2, -0.15) is 10.3 Å². The van der Waals surface area contributed by atoms with Gasteiger partial charge in [0, 0.05) is 0 Å². The van der Waals surface area contributed by atoms with Gasteiger partial charge < -0.3 is 9.84 Å². The van der Waals surface area contributed by atoms with E-state index < -0.39 is 5.97 Å². The van der Waals surface area contributed by atoms with Gasteiger partial charge in [0.25, 0.3) is 0 Å². The number of ether oxygens (including phenoxy) is 1. The molecule has 0 saturated carbocycles. The molecule has 1 aromatic rings. The van der Waals surface area contributed by atoms with Crippen molar-refractivity contribution >= 4 is 5.97 Å². The highest BCUT2D eigenvalue weighted by Gasteiger charge is 2.29. The van der Waals surface area contributed by atoms with Crippen molar-refractivity contribution in [3.05, 3.63) is 11.4 Å². The van der Waals surface area contributed by atoms with Crippen molar-refractivity contribution in [1.82, 2.24) is 15.4 Å². The van der Waals surface area contributed by atoms with E-state index in [-0.39, 0.29) is 11.6 Å². The molecule has 2 N–H and O–H groups in total. The second-order valence-electron chi connectivity index (χ2n) is 2.60. The fourth-order valence-electron chi connectivity index (χ4n) is 1.07. The van der Waals surface area contributed by atoms with E-state index in [0.717, 1.165) is 0 Å². The standard InChI is InChI=1S/C6H7N3O3/c10-6(11)5-4(7-9-8-5)3-1-12-2-3/h3H,1-2H2,(H,10,11)(H,7,8,9). The minimum atomic E-state index is -1.05. The van der Waals surface area contributed by atoms with Crippen LogP contribution < -0.4 is 0 Å². The zero-order valence-corrected chi connectivity index (χ0v) is 6.15. The van der Waals surface area contributed by atoms with Crippen molar-refractivity contribution in [3.63, 3.8) is 0 Å². The fourth-order valence-corrected chi connectivity index (χ4v) is 1.07. The predicted octanol–water partition coefficient (Wildman–Crippen LogP) is -0.383. The smallest absolute Gasteiger partial charge is 0.358 e. The molecule has 0 bridgehead atoms. The maximum atomic E-state index is 10.6. The maximum absolute atomic E-state index is 10.6. The summed E-state index contributed by atoms with van der Waals surface area (Å²) in [5, 5.41) is 18.2. The summed E-state index contributed by atoms with van der Waals surface area (Å²) in [6.07, 6.45) is 0. The number of carbonyl (C=O) groups is 1. The zero-order chi connectivity index (χ0) is 8.55. The molecule has 0 aromatic carbocycles. The molecule has 6 nitrogen and oxygen atoms in total. The van der Waals surface area contributed by atoms with Gasteiger partial charge in [0.05, 0.1) is 19.1 Å². The van der Waals surface area contributed by atoms with Crippen LogP contribution in [0, 0.1) is 0 Å². The van der Waals surface area contributed by atoms with Crippen LogP contribution in [0.3, 0.4) is 0 Å². The molecule has 64 valence electrons. The third-order valence-electron chi connectivity index (χ3n) is 1.80. The SMILES string of the molecule is O=C(O)c1n[nH]nc1C1COC1. The fraction of sp³-hybridized carbons (Fsp3) is 0.500. The highest BCUT2D eigenvalue weighted by molar-refractivity contribution is 5.86. The van der Waals surface area contributed by atoms with E-state index in [1.165, 1.54) is 0 Å². The number of aromatic nitrogens is 3. The summed E-state index contributed by atoms with van der Waals surface area (Å²) in [5.74, 6) is -0.958. The molecule has 1 aliphatic heterocycles. The van der Waals surface area contributed by atoms with Crippen LogP contribution in [0.2, 0.25) is 0 Å². The van der Waals surface area contributed by atoms with Crippen molar-refractivity contribution in [2.24, 2.45) is 0 Å². The quantitative estimate of drug-likeness (QED) is 0.629. The number of carboxylic acids is 1. The predicted molar refractivity (Wildman–Crippen MR) is 36.9 cm³/mol. The number of rotatable bonds is 2. The van der Waals surface area contributed by atoms with Gasteiger partial charge in [0.1, 0.15) is 5.69 Å². The molecule has 2 heterocycles. The lowest BCUT2D eigenvalue weighted by Gasteiger charge is -2.23. The van der Waals surface area contributed by atoms with Gasteiger partial charge >= 0.3 is 5.97 Å². The molecular weight excluding hydrogens is 162 g/mol. The summed E-state index contributed by atoms with van der Waals surface area (Å²) in [7, 11) is 0. The van der Waals surface area contributed by atoms with Gasteiger partial charge in [-0.15, -0.1) is 5.10 Å². The first kappa shape index (κ1) is 7.23. The van der Waals surface area contributed by atoms with Crippen molar-refractivity contribution in [2.45, 2.75) is 5.92 Å². The molecule has 0 amide bonds. The van der Waals surface area contributed by atoms with Crippen LogP contribution in [0.15, 0.2) is 0 Å². The molecular formula is C6H7N3O3. The molecule has 6 heteroatoms. The Kier molecular flexibility index (Phi) is 1.54. The van der Waals surface area contributed by atoms with Gasteiger partial charge in [-0.25, -0.2) is 4.79 Å². The Balaban J connectivity index is 2.29. The largest absolute Gasteiger partial charge is 0.476 e. The van der Waals surface area contributed by atoms with Gasteiger partial charge in [0.15, 0.2) is 5.69 Å². The lowest BCUT2D eigenvalue weighted by Crippen LogP contribution is -2.27. The highest BCUT2D eigenvalue weighted by Crippen LogP contribution is 2.23. The minimum absolute atomic E-state index is 0.00306. The number of carboxylic acid groups (broad SMARTS) is 1. The van der Waals surface area contributed by atoms with Gasteiger partial charge in [-0.3, -0.25) is 0 Å². The van der Waals surface area contributed by atoms with Crippen LogP contribution >= 0.6 is 0 Å². The Labute approximate surface area is 67.5 Å². The second-order valence-corrected chi connectivity index (χ2v) is 2.60. The molecule has 1 saturated heterocycles. The van der Waals surface area contributed by atoms with E-state index in [1.807, 2.05) is 0 Å². The van der Waals surface area contributed by atoms with Crippen LogP contribution in [0.4, 0.5) is 0 Å². The normalized spacial score (nSPS) is 17.3. The molecule has 2 rings (SSSR count). The van der Waals surface area contributed by atoms with E-state index in [1.54, 1.807) is 0 Å². The van der Waals surface area contributed by atoms with E-state index in [9.17, 15) is 4.79 Å². The van der Waals surface area contributed by atoms with Crippen LogP contribution in [0.1, 0.15) is 22.1 Å². The van der Waals surface area contributed by atoms with Crippen molar-refractivity contribution in [3.8, 4) is 0 Å². The summed E-state index contributed by atoms with van der Waals surface area (Å²) in [4.78, 5) is 10.6. The van der Waals surface area contributed by atoms with Crippen LogP contribution in [0.25, 0.3) is 0 Å². The molecule has 0 spiro atoms. The molecule has 0 radical (unpaired) electrons. The summed E-state index contributed by atoms with van der Waals surface area (Å²) >= 11 is 0. The number of hydrogen-bond donors (Lipinski definition) is 2. The number of aromatic amines is 1. The summed E-state index contributed by atoms with van der Waals surface area (Å²) in [6.45, 7) is 1.07. The van der Waals surface area contributed by atoms with Gasteiger partial charge in [-0.05, 0) is 0 Å². The maximum Gasteiger partial charge on any atom is 0.358 e. The number of H-pyrrole nitrogens is 1. The van der Waals surface area contributed by atoms with E-state index in [2.05, 4.69) is 15.4 Å². The lowest BCUT2D eigenvalue weighted by molar-refractivity contribution is 0.00612. The second kappa shape index (κ2) is 2.56. The third kappa shape index (κ3) is 0.964. The zero-order valence-electron chi connectivity index (χ0n) is 6.15. The van der Waals surface area contributed by atoms with E-state index >= 15 is 0 Å². The number of nitrogens with one attached hydrogen (secondary N) is 1. The van der Waals surface area contributed by atoms with Crippen LogP contribution in [-0.2, 0) is 4.74 Å². The van der Waals surface area contributed by atoms with Crippen LogP contribution in [-0.4, -0.2) is 39.7 Å². The van der Waals surface area contributed by atoms with Gasteiger partial charge in [0.2, 0.25) is 0 Å². The third-order valence-corrected chi connectivity index (χ3v) is 1.80.